The molecular formula is C11H9F3N2OS. The Morgan fingerprint density at radius 3 is 2.67 bits per heavy atom. The first-order valence-electron chi connectivity index (χ1n) is 5.23. The topological polar surface area (TPSA) is 41.1 Å². The second-order valence-corrected chi connectivity index (χ2v) is 4.28. The maximum absolute atomic E-state index is 13.3. The highest BCUT2D eigenvalue weighted by Crippen LogP contribution is 2.21. The Bertz CT molecular complexity index is 521. The zero-order valence-electron chi connectivity index (χ0n) is 9.10. The average molecular weight is 274 g/mol. The largest absolute Gasteiger partial charge is 0.379 e. The van der Waals surface area contributed by atoms with E-state index in [1.807, 2.05) is 0 Å². The van der Waals surface area contributed by atoms with Crippen LogP contribution in [0.3, 0.4) is 0 Å². The van der Waals surface area contributed by atoms with Gasteiger partial charge in [-0.3, -0.25) is 4.79 Å². The number of thiocarbonyl (C=S) groups is 1. The first kappa shape index (κ1) is 12.8. The molecule has 2 rings (SSSR count). The number of anilines is 1. The van der Waals surface area contributed by atoms with Gasteiger partial charge in [0.2, 0.25) is 5.91 Å². The minimum absolute atomic E-state index is 0.371. The van der Waals surface area contributed by atoms with Crippen molar-refractivity contribution >= 4 is 28.8 Å². The minimum atomic E-state index is -1.61. The molecule has 18 heavy (non-hydrogen) atoms. The predicted molar refractivity (Wildman–Crippen MR) is 63.7 cm³/mol. The first-order chi connectivity index (χ1) is 8.50. The molecule has 1 fully saturated rings. The molecule has 1 aromatic carbocycles. The van der Waals surface area contributed by atoms with Gasteiger partial charge in [-0.15, -0.1) is 0 Å². The quantitative estimate of drug-likeness (QED) is 0.640. The van der Waals surface area contributed by atoms with Gasteiger partial charge in [-0.2, -0.15) is 0 Å². The number of nitrogens with one attached hydrogen (secondary N) is 2. The third-order valence-corrected chi connectivity index (χ3v) is 3.09. The number of hydrogen-bond acceptors (Lipinski definition) is 2. The van der Waals surface area contributed by atoms with Crippen molar-refractivity contribution in [3.05, 3.63) is 29.6 Å². The molecule has 0 saturated carbocycles. The van der Waals surface area contributed by atoms with Gasteiger partial charge < -0.3 is 10.6 Å². The lowest BCUT2D eigenvalue weighted by atomic mass is 10.1. The molecule has 0 bridgehead atoms. The lowest BCUT2D eigenvalue weighted by molar-refractivity contribution is -0.117. The van der Waals surface area contributed by atoms with Gasteiger partial charge in [-0.25, -0.2) is 13.2 Å². The standard InChI is InChI=1S/C11H9F3N2OS/c12-6-1-2-7(9(14)8(6)13)16-10(17)5-3-4-15-11(5)18/h1-2,5H,3-4H2,(H,15,18)(H,16,17). The van der Waals surface area contributed by atoms with Gasteiger partial charge in [-0.05, 0) is 18.6 Å². The highest BCUT2D eigenvalue weighted by atomic mass is 32.1. The summed E-state index contributed by atoms with van der Waals surface area (Å²) in [6.45, 7) is 0.567. The normalized spacial score (nSPS) is 18.6. The molecule has 1 aliphatic heterocycles. The minimum Gasteiger partial charge on any atom is -0.379 e. The molecule has 1 saturated heterocycles. The summed E-state index contributed by atoms with van der Waals surface area (Å²) in [5, 5.41) is 5.02. The number of carbonyl (C=O) groups is 1. The van der Waals surface area contributed by atoms with E-state index in [0.717, 1.165) is 12.1 Å². The van der Waals surface area contributed by atoms with Crippen LogP contribution in [0, 0.1) is 23.4 Å². The fourth-order valence-corrected chi connectivity index (χ4v) is 2.01. The van der Waals surface area contributed by atoms with Gasteiger partial charge in [0.1, 0.15) is 0 Å². The summed E-state index contributed by atoms with van der Waals surface area (Å²) < 4.78 is 39.0. The fourth-order valence-electron chi connectivity index (χ4n) is 1.69. The summed E-state index contributed by atoms with van der Waals surface area (Å²) in [4.78, 5) is 12.1. The summed E-state index contributed by atoms with van der Waals surface area (Å²) in [7, 11) is 0. The SMILES string of the molecule is O=C(Nc1ccc(F)c(F)c1F)C1CCNC1=S. The molecule has 1 atom stereocenters. The van der Waals surface area contributed by atoms with E-state index in [9.17, 15) is 18.0 Å². The van der Waals surface area contributed by atoms with Crippen LogP contribution in [0.4, 0.5) is 18.9 Å². The maximum Gasteiger partial charge on any atom is 0.234 e. The Morgan fingerprint density at radius 2 is 2.06 bits per heavy atom. The lowest BCUT2D eigenvalue weighted by Gasteiger charge is -2.11. The van der Waals surface area contributed by atoms with Crippen molar-refractivity contribution in [1.82, 2.24) is 5.32 Å². The first-order valence-corrected chi connectivity index (χ1v) is 5.63. The van der Waals surface area contributed by atoms with E-state index in [-0.39, 0.29) is 0 Å². The summed E-state index contributed by atoms with van der Waals surface area (Å²) in [6.07, 6.45) is 0.496. The van der Waals surface area contributed by atoms with E-state index in [2.05, 4.69) is 10.6 Å². The van der Waals surface area contributed by atoms with Crippen molar-refractivity contribution in [3.8, 4) is 0 Å². The van der Waals surface area contributed by atoms with Crippen LogP contribution < -0.4 is 10.6 Å². The Hall–Kier alpha value is -1.63. The van der Waals surface area contributed by atoms with Crippen LogP contribution in [0.25, 0.3) is 0 Å². The summed E-state index contributed by atoms with van der Waals surface area (Å²) >= 11 is 4.91. The van der Waals surface area contributed by atoms with Crippen molar-refractivity contribution in [1.29, 1.82) is 0 Å². The molecule has 1 amide bonds. The molecule has 2 N–H and O–H groups in total. The van der Waals surface area contributed by atoms with E-state index >= 15 is 0 Å². The second kappa shape index (κ2) is 4.93. The van der Waals surface area contributed by atoms with Crippen molar-refractivity contribution in [2.24, 2.45) is 5.92 Å². The van der Waals surface area contributed by atoms with Gasteiger partial charge in [0.05, 0.1) is 16.6 Å². The Balaban J connectivity index is 2.17. The number of benzene rings is 1. The predicted octanol–water partition coefficient (Wildman–Crippen LogP) is 1.98. The van der Waals surface area contributed by atoms with Crippen LogP contribution in [0.15, 0.2) is 12.1 Å². The Kier molecular flexibility index (Phi) is 3.51. The summed E-state index contributed by atoms with van der Waals surface area (Å²) in [6, 6.07) is 1.72. The average Bonchev–Trinajstić information content (AvgIpc) is 2.76. The van der Waals surface area contributed by atoms with E-state index in [1.165, 1.54) is 0 Å². The lowest BCUT2D eigenvalue weighted by Crippen LogP contribution is -2.28. The monoisotopic (exact) mass is 274 g/mol. The van der Waals surface area contributed by atoms with Crippen molar-refractivity contribution < 1.29 is 18.0 Å². The molecule has 0 aliphatic carbocycles. The third-order valence-electron chi connectivity index (χ3n) is 2.66. The molecule has 1 heterocycles. The van der Waals surface area contributed by atoms with Crippen LogP contribution in [0.2, 0.25) is 0 Å². The van der Waals surface area contributed by atoms with Crippen molar-refractivity contribution in [3.63, 3.8) is 0 Å². The molecule has 1 unspecified atom stereocenters. The van der Waals surface area contributed by atoms with Gasteiger partial charge >= 0.3 is 0 Å². The third kappa shape index (κ3) is 2.31. The molecule has 1 aromatic rings. The zero-order valence-corrected chi connectivity index (χ0v) is 9.91. The molecule has 3 nitrogen and oxygen atoms in total. The Labute approximate surface area is 106 Å². The molecule has 0 radical (unpaired) electrons. The fraction of sp³-hybridized carbons (Fsp3) is 0.273. The highest BCUT2D eigenvalue weighted by molar-refractivity contribution is 7.80. The zero-order chi connectivity index (χ0) is 13.3. The number of carbonyl (C=O) groups excluding carboxylic acids is 1. The summed E-state index contributed by atoms with van der Waals surface area (Å²) in [5.41, 5.74) is -0.395. The molecule has 96 valence electrons. The van der Waals surface area contributed by atoms with E-state index in [4.69, 9.17) is 12.2 Å². The second-order valence-electron chi connectivity index (χ2n) is 3.84. The smallest absolute Gasteiger partial charge is 0.234 e. The number of rotatable bonds is 2. The van der Waals surface area contributed by atoms with E-state index in [1.54, 1.807) is 0 Å². The molecular weight excluding hydrogens is 265 g/mol. The highest BCUT2D eigenvalue weighted by Gasteiger charge is 2.28. The van der Waals surface area contributed by atoms with Gasteiger partial charge in [0.15, 0.2) is 17.5 Å². The van der Waals surface area contributed by atoms with Crippen molar-refractivity contribution in [2.75, 3.05) is 11.9 Å². The Morgan fingerprint density at radius 1 is 1.33 bits per heavy atom. The summed E-state index contributed by atoms with van der Waals surface area (Å²) in [5.74, 6) is -5.42. The number of halogens is 3. The van der Waals surface area contributed by atoms with Crippen LogP contribution in [-0.4, -0.2) is 17.4 Å². The van der Waals surface area contributed by atoms with Crippen LogP contribution in [0.1, 0.15) is 6.42 Å². The molecule has 0 aromatic heterocycles. The van der Waals surface area contributed by atoms with E-state index in [0.29, 0.717) is 18.0 Å². The molecule has 7 heteroatoms. The number of hydrogen-bond donors (Lipinski definition) is 2. The van der Waals surface area contributed by atoms with Crippen LogP contribution in [-0.2, 0) is 4.79 Å². The van der Waals surface area contributed by atoms with Crippen molar-refractivity contribution in [2.45, 2.75) is 6.42 Å². The molecule has 0 spiro atoms. The number of amides is 1. The van der Waals surface area contributed by atoms with Gasteiger partial charge in [0.25, 0.3) is 0 Å². The van der Waals surface area contributed by atoms with Gasteiger partial charge in [-0.1, -0.05) is 12.2 Å². The maximum atomic E-state index is 13.3. The van der Waals surface area contributed by atoms with Gasteiger partial charge in [0, 0.05) is 6.54 Å². The molecule has 1 aliphatic rings. The van der Waals surface area contributed by atoms with Crippen LogP contribution in [0.5, 0.6) is 0 Å². The van der Waals surface area contributed by atoms with Crippen LogP contribution >= 0.6 is 12.2 Å². The van der Waals surface area contributed by atoms with E-state index < -0.39 is 35.0 Å².